The Hall–Kier alpha value is -1.45. The Kier molecular flexibility index (Phi) is 6.11. The predicted molar refractivity (Wildman–Crippen MR) is 86.3 cm³/mol. The van der Waals surface area contributed by atoms with E-state index in [1.54, 1.807) is 0 Å². The van der Waals surface area contributed by atoms with E-state index in [1.165, 1.54) is 0 Å². The molecule has 20 heavy (non-hydrogen) atoms. The van der Waals surface area contributed by atoms with Crippen molar-refractivity contribution in [1.29, 1.82) is 0 Å². The fraction of sp³-hybridized carbons (Fsp3) is 0.688. The number of aromatic nitrogens is 1. The monoisotopic (exact) mass is 279 g/mol. The van der Waals surface area contributed by atoms with Crippen molar-refractivity contribution in [1.82, 2.24) is 4.98 Å². The maximum atomic E-state index is 5.93. The van der Waals surface area contributed by atoms with Gasteiger partial charge in [-0.1, -0.05) is 27.7 Å². The van der Waals surface area contributed by atoms with E-state index in [1.807, 2.05) is 26.0 Å². The molecule has 1 rings (SSSR count). The van der Waals surface area contributed by atoms with E-state index < -0.39 is 0 Å². The number of hydrogen-bond acceptors (Lipinski definition) is 4. The molecule has 4 nitrogen and oxygen atoms in total. The van der Waals surface area contributed by atoms with E-state index in [2.05, 4.69) is 37.6 Å². The van der Waals surface area contributed by atoms with Gasteiger partial charge in [-0.3, -0.25) is 0 Å². The van der Waals surface area contributed by atoms with Crippen LogP contribution in [0.4, 0.5) is 11.5 Å². The summed E-state index contributed by atoms with van der Waals surface area (Å²) in [5, 5.41) is 0. The number of rotatable bonds is 7. The average Bonchev–Trinajstić information content (AvgIpc) is 2.29. The van der Waals surface area contributed by atoms with Crippen molar-refractivity contribution in [2.45, 2.75) is 47.6 Å². The molecule has 0 fully saturated rings. The molecule has 0 amide bonds. The quantitative estimate of drug-likeness (QED) is 0.829. The summed E-state index contributed by atoms with van der Waals surface area (Å²) in [5.74, 6) is 2.65. The normalized spacial score (nSPS) is 11.4. The van der Waals surface area contributed by atoms with Gasteiger partial charge in [0, 0.05) is 13.1 Å². The van der Waals surface area contributed by atoms with Gasteiger partial charge >= 0.3 is 0 Å². The van der Waals surface area contributed by atoms with E-state index in [-0.39, 0.29) is 6.10 Å². The number of nitrogen functional groups attached to an aromatic ring is 1. The molecule has 0 spiro atoms. The van der Waals surface area contributed by atoms with Crippen LogP contribution in [0.2, 0.25) is 0 Å². The molecule has 0 radical (unpaired) electrons. The highest BCUT2D eigenvalue weighted by atomic mass is 16.5. The van der Waals surface area contributed by atoms with E-state index in [4.69, 9.17) is 10.5 Å². The summed E-state index contributed by atoms with van der Waals surface area (Å²) in [5.41, 5.74) is 6.53. The summed E-state index contributed by atoms with van der Waals surface area (Å²) >= 11 is 0. The van der Waals surface area contributed by atoms with Gasteiger partial charge in [-0.25, -0.2) is 0 Å². The average molecular weight is 279 g/mol. The predicted octanol–water partition coefficient (Wildman–Crippen LogP) is 3.57. The molecule has 1 aromatic rings. The van der Waals surface area contributed by atoms with E-state index >= 15 is 0 Å². The molecule has 0 saturated carbocycles. The first kappa shape index (κ1) is 16.6. The second-order valence-corrected chi connectivity index (χ2v) is 6.42. The van der Waals surface area contributed by atoms with E-state index in [9.17, 15) is 0 Å². The third-order valence-electron chi connectivity index (χ3n) is 2.72. The minimum atomic E-state index is 0.0729. The number of anilines is 2. The summed E-state index contributed by atoms with van der Waals surface area (Å²) in [4.78, 5) is 6.91. The van der Waals surface area contributed by atoms with Gasteiger partial charge in [0.1, 0.15) is 5.82 Å². The summed E-state index contributed by atoms with van der Waals surface area (Å²) < 4.78 is 5.68. The Bertz CT molecular complexity index is 406. The Morgan fingerprint density at radius 3 is 2.05 bits per heavy atom. The van der Waals surface area contributed by atoms with Gasteiger partial charge in [-0.05, 0) is 37.8 Å². The number of hydrogen-bond donors (Lipinski definition) is 1. The van der Waals surface area contributed by atoms with E-state index in [0.29, 0.717) is 23.4 Å². The van der Waals surface area contributed by atoms with Gasteiger partial charge in [0.05, 0.1) is 11.8 Å². The second kappa shape index (κ2) is 7.36. The molecule has 0 unspecified atom stereocenters. The Balaban J connectivity index is 3.00. The van der Waals surface area contributed by atoms with Crippen LogP contribution in [0.25, 0.3) is 0 Å². The summed E-state index contributed by atoms with van der Waals surface area (Å²) in [6.45, 7) is 14.8. The van der Waals surface area contributed by atoms with Gasteiger partial charge < -0.3 is 15.4 Å². The molecular weight excluding hydrogens is 250 g/mol. The molecule has 0 aromatic carbocycles. The van der Waals surface area contributed by atoms with Crippen LogP contribution in [0, 0.1) is 11.8 Å². The smallest absolute Gasteiger partial charge is 0.239 e. The van der Waals surface area contributed by atoms with Crippen molar-refractivity contribution >= 4 is 11.5 Å². The van der Waals surface area contributed by atoms with Crippen LogP contribution in [0.15, 0.2) is 12.1 Å². The zero-order chi connectivity index (χ0) is 15.3. The zero-order valence-corrected chi connectivity index (χ0v) is 13.7. The highest BCUT2D eigenvalue weighted by Crippen LogP contribution is 2.25. The fourth-order valence-electron chi connectivity index (χ4n) is 2.08. The van der Waals surface area contributed by atoms with Crippen molar-refractivity contribution < 1.29 is 4.74 Å². The fourth-order valence-corrected chi connectivity index (χ4v) is 2.08. The Morgan fingerprint density at radius 2 is 1.60 bits per heavy atom. The Morgan fingerprint density at radius 1 is 1.05 bits per heavy atom. The first-order valence-electron chi connectivity index (χ1n) is 7.47. The molecule has 0 atom stereocenters. The third-order valence-corrected chi connectivity index (χ3v) is 2.72. The molecule has 0 aliphatic heterocycles. The van der Waals surface area contributed by atoms with Crippen molar-refractivity contribution in [3.63, 3.8) is 0 Å². The number of nitrogens with zero attached hydrogens (tertiary/aromatic N) is 2. The maximum Gasteiger partial charge on any atom is 0.239 e. The number of pyridine rings is 1. The van der Waals surface area contributed by atoms with Crippen LogP contribution in [-0.4, -0.2) is 24.2 Å². The van der Waals surface area contributed by atoms with Gasteiger partial charge in [-0.15, -0.1) is 0 Å². The summed E-state index contributed by atoms with van der Waals surface area (Å²) in [6, 6.07) is 3.86. The lowest BCUT2D eigenvalue weighted by Crippen LogP contribution is -2.32. The lowest BCUT2D eigenvalue weighted by molar-refractivity contribution is 0.234. The molecule has 4 heteroatoms. The molecule has 0 aliphatic rings. The first-order chi connectivity index (χ1) is 9.29. The molecule has 1 heterocycles. The minimum absolute atomic E-state index is 0.0729. The molecule has 0 bridgehead atoms. The first-order valence-corrected chi connectivity index (χ1v) is 7.47. The van der Waals surface area contributed by atoms with Crippen LogP contribution in [0.3, 0.4) is 0 Å². The Labute approximate surface area is 123 Å². The van der Waals surface area contributed by atoms with Crippen LogP contribution in [-0.2, 0) is 0 Å². The van der Waals surface area contributed by atoms with Crippen molar-refractivity contribution in [3.8, 4) is 5.88 Å². The van der Waals surface area contributed by atoms with Crippen molar-refractivity contribution in [2.75, 3.05) is 23.7 Å². The van der Waals surface area contributed by atoms with Gasteiger partial charge in [0.2, 0.25) is 5.88 Å². The molecule has 0 saturated heterocycles. The molecular formula is C16H29N3O. The lowest BCUT2D eigenvalue weighted by Gasteiger charge is -2.28. The van der Waals surface area contributed by atoms with Crippen LogP contribution >= 0.6 is 0 Å². The maximum absolute atomic E-state index is 5.93. The largest absolute Gasteiger partial charge is 0.473 e. The lowest BCUT2D eigenvalue weighted by atomic mass is 10.1. The molecule has 2 N–H and O–H groups in total. The number of nitrogens with two attached hydrogens (primary N) is 1. The van der Waals surface area contributed by atoms with Crippen LogP contribution < -0.4 is 15.4 Å². The standard InChI is InChI=1S/C16H29N3O/c1-11(2)9-19(10-12(3)4)15-8-7-14(17)16(18-15)20-13(5)6/h7-8,11-13H,9-10,17H2,1-6H3. The van der Waals surface area contributed by atoms with Gasteiger partial charge in [0.25, 0.3) is 0 Å². The third kappa shape index (κ3) is 5.27. The van der Waals surface area contributed by atoms with Crippen molar-refractivity contribution in [3.05, 3.63) is 12.1 Å². The minimum Gasteiger partial charge on any atom is -0.473 e. The van der Waals surface area contributed by atoms with E-state index in [0.717, 1.165) is 18.9 Å². The van der Waals surface area contributed by atoms with Gasteiger partial charge in [-0.2, -0.15) is 4.98 Å². The van der Waals surface area contributed by atoms with Crippen LogP contribution in [0.1, 0.15) is 41.5 Å². The zero-order valence-electron chi connectivity index (χ0n) is 13.7. The van der Waals surface area contributed by atoms with Gasteiger partial charge in [0.15, 0.2) is 0 Å². The molecule has 1 aromatic heterocycles. The molecule has 114 valence electrons. The number of ether oxygens (including phenoxy) is 1. The summed E-state index contributed by atoms with van der Waals surface area (Å²) in [7, 11) is 0. The second-order valence-electron chi connectivity index (χ2n) is 6.42. The van der Waals surface area contributed by atoms with Crippen LogP contribution in [0.5, 0.6) is 5.88 Å². The molecule has 0 aliphatic carbocycles. The topological polar surface area (TPSA) is 51.4 Å². The highest BCUT2D eigenvalue weighted by molar-refractivity contribution is 5.54. The van der Waals surface area contributed by atoms with Crippen molar-refractivity contribution in [2.24, 2.45) is 11.8 Å². The SMILES string of the molecule is CC(C)CN(CC(C)C)c1ccc(N)c(OC(C)C)n1. The summed E-state index contributed by atoms with van der Waals surface area (Å²) in [6.07, 6.45) is 0.0729. The highest BCUT2D eigenvalue weighted by Gasteiger charge is 2.14.